The lowest BCUT2D eigenvalue weighted by molar-refractivity contribution is -0.118. The third-order valence-electron chi connectivity index (χ3n) is 3.56. The fourth-order valence-corrected chi connectivity index (χ4v) is 2.64. The van der Waals surface area contributed by atoms with Gasteiger partial charge in [0.15, 0.2) is 0 Å². The van der Waals surface area contributed by atoms with E-state index >= 15 is 0 Å². The van der Waals surface area contributed by atoms with E-state index < -0.39 is 5.91 Å². The molecule has 2 amide bonds. The summed E-state index contributed by atoms with van der Waals surface area (Å²) in [6.07, 6.45) is 0.987. The van der Waals surface area contributed by atoms with Crippen LogP contribution in [0.1, 0.15) is 35.3 Å². The Morgan fingerprint density at radius 2 is 2.10 bits per heavy atom. The van der Waals surface area contributed by atoms with Crippen molar-refractivity contribution in [2.45, 2.75) is 26.8 Å². The highest BCUT2D eigenvalue weighted by atomic mass is 16.2. The van der Waals surface area contributed by atoms with Gasteiger partial charge in [-0.3, -0.25) is 9.59 Å². The van der Waals surface area contributed by atoms with Crippen LogP contribution in [0.15, 0.2) is 18.2 Å². The highest BCUT2D eigenvalue weighted by molar-refractivity contribution is 5.96. The topological polar surface area (TPSA) is 75.4 Å². The molecular weight excluding hydrogens is 266 g/mol. The van der Waals surface area contributed by atoms with Gasteiger partial charge in [-0.25, -0.2) is 0 Å². The van der Waals surface area contributed by atoms with Gasteiger partial charge < -0.3 is 16.0 Å². The number of primary amides is 1. The number of nitrogens with one attached hydrogen (secondary N) is 1. The Kier molecular flexibility index (Phi) is 4.96. The van der Waals surface area contributed by atoms with E-state index in [-0.39, 0.29) is 18.4 Å². The van der Waals surface area contributed by atoms with Gasteiger partial charge in [0.05, 0.1) is 6.54 Å². The molecule has 0 aliphatic carbocycles. The first-order valence-corrected chi connectivity index (χ1v) is 7.37. The van der Waals surface area contributed by atoms with Crippen LogP contribution in [-0.4, -0.2) is 36.3 Å². The third kappa shape index (κ3) is 4.04. The number of benzene rings is 1. The molecule has 0 bridgehead atoms. The molecule has 1 aromatic carbocycles. The minimum atomic E-state index is -0.483. The fourth-order valence-electron chi connectivity index (χ4n) is 2.64. The van der Waals surface area contributed by atoms with Crippen LogP contribution in [0, 0.1) is 5.92 Å². The normalized spacial score (nSPS) is 13.9. The van der Waals surface area contributed by atoms with Crippen molar-refractivity contribution in [1.29, 1.82) is 0 Å². The first-order valence-electron chi connectivity index (χ1n) is 7.37. The van der Waals surface area contributed by atoms with Crippen molar-refractivity contribution in [1.82, 2.24) is 10.2 Å². The van der Waals surface area contributed by atoms with Crippen LogP contribution >= 0.6 is 0 Å². The molecule has 2 rings (SSSR count). The van der Waals surface area contributed by atoms with Crippen molar-refractivity contribution >= 4 is 11.8 Å². The lowest BCUT2D eigenvalue weighted by Gasteiger charge is -2.24. The maximum Gasteiger partial charge on any atom is 0.254 e. The molecule has 0 atom stereocenters. The van der Waals surface area contributed by atoms with Crippen molar-refractivity contribution < 1.29 is 9.59 Å². The number of carbonyl (C=O) groups is 2. The van der Waals surface area contributed by atoms with Crippen molar-refractivity contribution in [3.8, 4) is 0 Å². The number of hydrogen-bond acceptors (Lipinski definition) is 3. The van der Waals surface area contributed by atoms with E-state index in [1.165, 1.54) is 10.5 Å². The second-order valence-corrected chi connectivity index (χ2v) is 5.96. The molecule has 1 aliphatic rings. The van der Waals surface area contributed by atoms with E-state index in [1.54, 1.807) is 0 Å². The highest BCUT2D eigenvalue weighted by Gasteiger charge is 2.20. The Balaban J connectivity index is 2.21. The van der Waals surface area contributed by atoms with Crippen molar-refractivity contribution in [3.63, 3.8) is 0 Å². The number of carbonyl (C=O) groups excluding carboxylic acids is 2. The number of nitrogens with zero attached hydrogens (tertiary/aromatic N) is 1. The summed E-state index contributed by atoms with van der Waals surface area (Å²) in [6, 6.07) is 5.79. The molecule has 21 heavy (non-hydrogen) atoms. The highest BCUT2D eigenvalue weighted by Crippen LogP contribution is 2.17. The molecule has 0 saturated carbocycles. The monoisotopic (exact) mass is 289 g/mol. The first-order chi connectivity index (χ1) is 9.97. The molecule has 3 N–H and O–H groups in total. The van der Waals surface area contributed by atoms with Gasteiger partial charge in [-0.05, 0) is 42.1 Å². The van der Waals surface area contributed by atoms with Crippen molar-refractivity contribution in [2.24, 2.45) is 11.7 Å². The number of fused-ring (bicyclic) bond motifs is 1. The predicted molar refractivity (Wildman–Crippen MR) is 81.8 cm³/mol. The van der Waals surface area contributed by atoms with E-state index in [0.717, 1.165) is 25.1 Å². The third-order valence-corrected chi connectivity index (χ3v) is 3.56. The maximum atomic E-state index is 12.6. The second kappa shape index (κ2) is 6.72. The van der Waals surface area contributed by atoms with Gasteiger partial charge in [0.25, 0.3) is 5.91 Å². The van der Waals surface area contributed by atoms with Crippen LogP contribution < -0.4 is 11.1 Å². The standard InChI is InChI=1S/C16H23N3O2/c1-11(2)9-19(10-15(17)20)16(21)13-4-3-12-5-6-18-8-14(12)7-13/h3-4,7,11,18H,5-6,8-10H2,1-2H3,(H2,17,20). The summed E-state index contributed by atoms with van der Waals surface area (Å²) in [4.78, 5) is 25.3. The molecular formula is C16H23N3O2. The zero-order valence-electron chi connectivity index (χ0n) is 12.7. The Hall–Kier alpha value is -1.88. The van der Waals surface area contributed by atoms with Gasteiger partial charge in [-0.15, -0.1) is 0 Å². The zero-order valence-corrected chi connectivity index (χ0v) is 12.7. The SMILES string of the molecule is CC(C)CN(CC(N)=O)C(=O)c1ccc2c(c1)CNCC2. The number of rotatable bonds is 5. The van der Waals surface area contributed by atoms with Crippen LogP contribution in [0.2, 0.25) is 0 Å². The zero-order chi connectivity index (χ0) is 15.4. The quantitative estimate of drug-likeness (QED) is 0.846. The minimum Gasteiger partial charge on any atom is -0.368 e. The molecule has 0 spiro atoms. The van der Waals surface area contributed by atoms with Crippen LogP contribution in [0.25, 0.3) is 0 Å². The molecule has 1 aliphatic heterocycles. The Labute approximate surface area is 125 Å². The Bertz CT molecular complexity index is 540. The van der Waals surface area contributed by atoms with Crippen LogP contribution in [0.3, 0.4) is 0 Å². The number of amides is 2. The molecule has 0 radical (unpaired) electrons. The molecule has 0 aromatic heterocycles. The molecule has 5 nitrogen and oxygen atoms in total. The second-order valence-electron chi connectivity index (χ2n) is 5.96. The van der Waals surface area contributed by atoms with Gasteiger partial charge in [-0.2, -0.15) is 0 Å². The molecule has 0 fully saturated rings. The summed E-state index contributed by atoms with van der Waals surface area (Å²) < 4.78 is 0. The summed E-state index contributed by atoms with van der Waals surface area (Å²) in [5.74, 6) is -0.327. The Morgan fingerprint density at radius 3 is 2.76 bits per heavy atom. The minimum absolute atomic E-state index is 0.0354. The largest absolute Gasteiger partial charge is 0.368 e. The summed E-state index contributed by atoms with van der Waals surface area (Å²) in [6.45, 7) is 6.28. The van der Waals surface area contributed by atoms with Gasteiger partial charge in [0, 0.05) is 18.7 Å². The van der Waals surface area contributed by atoms with Crippen LogP contribution in [-0.2, 0) is 17.8 Å². The van der Waals surface area contributed by atoms with Crippen LogP contribution in [0.4, 0.5) is 0 Å². The summed E-state index contributed by atoms with van der Waals surface area (Å²) in [5.41, 5.74) is 8.33. The molecule has 0 unspecified atom stereocenters. The fraction of sp³-hybridized carbons (Fsp3) is 0.500. The van der Waals surface area contributed by atoms with Gasteiger partial charge in [-0.1, -0.05) is 19.9 Å². The molecule has 114 valence electrons. The van der Waals surface area contributed by atoms with Crippen LogP contribution in [0.5, 0.6) is 0 Å². The average Bonchev–Trinajstić information content (AvgIpc) is 2.44. The maximum absolute atomic E-state index is 12.6. The summed E-state index contributed by atoms with van der Waals surface area (Å²) in [5, 5.41) is 3.30. The lowest BCUT2D eigenvalue weighted by Crippen LogP contribution is -2.40. The van der Waals surface area contributed by atoms with Gasteiger partial charge in [0.2, 0.25) is 5.91 Å². The molecule has 5 heteroatoms. The summed E-state index contributed by atoms with van der Waals surface area (Å²) in [7, 11) is 0. The van der Waals surface area contributed by atoms with E-state index in [2.05, 4.69) is 5.32 Å². The van der Waals surface area contributed by atoms with Crippen molar-refractivity contribution in [3.05, 3.63) is 34.9 Å². The average molecular weight is 289 g/mol. The van der Waals surface area contributed by atoms with E-state index in [0.29, 0.717) is 12.1 Å². The predicted octanol–water partition coefficient (Wildman–Crippen LogP) is 0.916. The Morgan fingerprint density at radius 1 is 1.33 bits per heavy atom. The molecule has 1 heterocycles. The summed E-state index contributed by atoms with van der Waals surface area (Å²) >= 11 is 0. The number of hydrogen-bond donors (Lipinski definition) is 2. The smallest absolute Gasteiger partial charge is 0.254 e. The first kappa shape index (κ1) is 15.5. The van der Waals surface area contributed by atoms with E-state index in [1.807, 2.05) is 32.0 Å². The van der Waals surface area contributed by atoms with Gasteiger partial charge in [0.1, 0.15) is 0 Å². The van der Waals surface area contributed by atoms with Gasteiger partial charge >= 0.3 is 0 Å². The van der Waals surface area contributed by atoms with Crippen molar-refractivity contribution in [2.75, 3.05) is 19.6 Å². The lowest BCUT2D eigenvalue weighted by atomic mass is 9.98. The molecule has 0 saturated heterocycles. The number of nitrogens with two attached hydrogens (primary N) is 1. The van der Waals surface area contributed by atoms with E-state index in [9.17, 15) is 9.59 Å². The van der Waals surface area contributed by atoms with E-state index in [4.69, 9.17) is 5.73 Å². The molecule has 1 aromatic rings.